The summed E-state index contributed by atoms with van der Waals surface area (Å²) in [6.07, 6.45) is 2.31. The van der Waals surface area contributed by atoms with Crippen LogP contribution in [0.5, 0.6) is 0 Å². The minimum Gasteiger partial charge on any atom is -0.330 e. The molecule has 1 N–H and O–H groups in total. The van der Waals surface area contributed by atoms with E-state index in [9.17, 15) is 22.4 Å². The van der Waals surface area contributed by atoms with Gasteiger partial charge in [-0.1, -0.05) is 35.9 Å². The number of hydrogen-bond donors (Lipinski definition) is 1. The summed E-state index contributed by atoms with van der Waals surface area (Å²) >= 11 is 6.20. The van der Waals surface area contributed by atoms with E-state index in [1.54, 1.807) is 48.5 Å². The maximum Gasteiger partial charge on any atom is 0.283 e. The highest BCUT2D eigenvalue weighted by Crippen LogP contribution is 2.32. The largest absolute Gasteiger partial charge is 0.330 e. The van der Waals surface area contributed by atoms with Crippen molar-refractivity contribution in [3.8, 4) is 5.69 Å². The zero-order valence-electron chi connectivity index (χ0n) is 16.7. The summed E-state index contributed by atoms with van der Waals surface area (Å²) in [5.74, 6) is -1.45. The molecule has 0 aliphatic heterocycles. The number of carbonyl (C=O) groups excluding carboxylic acids is 1. The fraction of sp³-hybridized carbons (Fsp3) is 0.0909. The van der Waals surface area contributed by atoms with Gasteiger partial charge in [0.15, 0.2) is 0 Å². The van der Waals surface area contributed by atoms with Crippen molar-refractivity contribution >= 4 is 38.4 Å². The van der Waals surface area contributed by atoms with E-state index in [4.69, 9.17) is 11.6 Å². The average Bonchev–Trinajstić information content (AvgIpc) is 3.02. The Hall–Kier alpha value is -3.43. The van der Waals surface area contributed by atoms with Gasteiger partial charge in [0, 0.05) is 28.2 Å². The van der Waals surface area contributed by atoms with E-state index in [0.717, 1.165) is 6.26 Å². The fourth-order valence-corrected chi connectivity index (χ4v) is 4.18. The molecule has 2 aromatic carbocycles. The third kappa shape index (κ3) is 4.17. The number of benzene rings is 2. The quantitative estimate of drug-likeness (QED) is 0.481. The van der Waals surface area contributed by atoms with Crippen LogP contribution in [0.25, 0.3) is 16.6 Å². The van der Waals surface area contributed by atoms with Crippen molar-refractivity contribution in [2.24, 2.45) is 0 Å². The van der Waals surface area contributed by atoms with Crippen molar-refractivity contribution in [1.82, 2.24) is 13.9 Å². The van der Waals surface area contributed by atoms with Crippen LogP contribution in [0.3, 0.4) is 0 Å². The van der Waals surface area contributed by atoms with Crippen molar-refractivity contribution in [1.29, 1.82) is 0 Å². The predicted molar refractivity (Wildman–Crippen MR) is 120 cm³/mol. The number of nitrogens with zero attached hydrogens (tertiary/aromatic N) is 2. The summed E-state index contributed by atoms with van der Waals surface area (Å²) in [7, 11) is -3.92. The van der Waals surface area contributed by atoms with Gasteiger partial charge in [-0.25, -0.2) is 17.5 Å². The molecule has 0 atom stereocenters. The van der Waals surface area contributed by atoms with Crippen molar-refractivity contribution in [2.75, 3.05) is 6.26 Å². The van der Waals surface area contributed by atoms with Crippen molar-refractivity contribution < 1.29 is 17.6 Å². The van der Waals surface area contributed by atoms with Crippen LogP contribution < -0.4 is 10.3 Å². The highest BCUT2D eigenvalue weighted by atomic mass is 35.5. The maximum absolute atomic E-state index is 14.5. The molecule has 0 saturated heterocycles. The second kappa shape index (κ2) is 8.25. The Kier molecular flexibility index (Phi) is 5.62. The third-order valence-electron chi connectivity index (χ3n) is 4.84. The number of hydrogen-bond acceptors (Lipinski definition) is 4. The van der Waals surface area contributed by atoms with Gasteiger partial charge < -0.3 is 4.57 Å². The number of carbonyl (C=O) groups is 1. The molecule has 0 unspecified atom stereocenters. The molecule has 2 heterocycles. The predicted octanol–water partition coefficient (Wildman–Crippen LogP) is 3.32. The van der Waals surface area contributed by atoms with Crippen LogP contribution in [-0.4, -0.2) is 29.7 Å². The Morgan fingerprint density at radius 1 is 1.09 bits per heavy atom. The lowest BCUT2D eigenvalue weighted by Gasteiger charge is -2.13. The number of halogens is 2. The van der Waals surface area contributed by atoms with Gasteiger partial charge in [-0.2, -0.15) is 0 Å². The molecule has 0 bridgehead atoms. The van der Waals surface area contributed by atoms with E-state index >= 15 is 0 Å². The zero-order valence-corrected chi connectivity index (χ0v) is 18.3. The topological polar surface area (TPSA) is 90.2 Å². The number of sulfonamides is 1. The average molecular weight is 474 g/mol. The first-order chi connectivity index (χ1) is 15.2. The lowest BCUT2D eigenvalue weighted by molar-refractivity contribution is 0.0973. The van der Waals surface area contributed by atoms with Crippen LogP contribution in [0.15, 0.2) is 71.7 Å². The Bertz CT molecular complexity index is 1530. The molecule has 4 aromatic rings. The van der Waals surface area contributed by atoms with Gasteiger partial charge in [-0.3, -0.25) is 14.2 Å². The standard InChI is InChI=1S/C22H17ClFN3O4S/c1-32(30,31)25-22(29)21-20(26-11-5-4-8-19(26)28)16-12-15(23)9-10-18(16)27(21)13-14-6-2-3-7-17(14)24/h2-12H,13H2,1H3,(H,25,29). The Morgan fingerprint density at radius 2 is 1.81 bits per heavy atom. The SMILES string of the molecule is CS(=O)(=O)NC(=O)c1c(-n2ccccc2=O)c2cc(Cl)ccc2n1Cc1ccccc1F. The molecule has 0 fully saturated rings. The minimum atomic E-state index is -3.92. The summed E-state index contributed by atoms with van der Waals surface area (Å²) < 4.78 is 42.8. The van der Waals surface area contributed by atoms with Crippen LogP contribution in [-0.2, 0) is 16.6 Å². The molecule has 32 heavy (non-hydrogen) atoms. The number of aromatic nitrogens is 2. The highest BCUT2D eigenvalue weighted by molar-refractivity contribution is 7.89. The third-order valence-corrected chi connectivity index (χ3v) is 5.63. The van der Waals surface area contributed by atoms with E-state index in [0.29, 0.717) is 15.9 Å². The lowest BCUT2D eigenvalue weighted by Crippen LogP contribution is -2.32. The molecular weight excluding hydrogens is 457 g/mol. The first kappa shape index (κ1) is 21.8. The van der Waals surface area contributed by atoms with E-state index in [-0.39, 0.29) is 23.5 Å². The fourth-order valence-electron chi connectivity index (χ4n) is 3.57. The minimum absolute atomic E-state index is 0.0844. The van der Waals surface area contributed by atoms with Gasteiger partial charge in [0.1, 0.15) is 11.5 Å². The number of amides is 1. The monoisotopic (exact) mass is 473 g/mol. The van der Waals surface area contributed by atoms with Crippen LogP contribution >= 0.6 is 11.6 Å². The molecule has 0 saturated carbocycles. The van der Waals surface area contributed by atoms with Crippen molar-refractivity contribution in [2.45, 2.75) is 6.54 Å². The van der Waals surface area contributed by atoms with Crippen LogP contribution in [0.1, 0.15) is 16.1 Å². The summed E-state index contributed by atoms with van der Waals surface area (Å²) in [5.41, 5.74) is 0.336. The molecule has 4 rings (SSSR count). The van der Waals surface area contributed by atoms with E-state index in [2.05, 4.69) is 0 Å². The van der Waals surface area contributed by atoms with Crippen LogP contribution in [0.4, 0.5) is 4.39 Å². The zero-order chi connectivity index (χ0) is 23.0. The number of rotatable bonds is 5. The first-order valence-electron chi connectivity index (χ1n) is 9.41. The Labute approximate surface area is 187 Å². The molecule has 0 radical (unpaired) electrons. The van der Waals surface area contributed by atoms with Gasteiger partial charge in [-0.15, -0.1) is 0 Å². The molecule has 164 valence electrons. The molecule has 0 spiro atoms. The number of pyridine rings is 1. The highest BCUT2D eigenvalue weighted by Gasteiger charge is 2.27. The smallest absolute Gasteiger partial charge is 0.283 e. The van der Waals surface area contributed by atoms with Crippen LogP contribution in [0, 0.1) is 5.82 Å². The normalized spacial score (nSPS) is 11.6. The Morgan fingerprint density at radius 3 is 2.50 bits per heavy atom. The number of nitrogens with one attached hydrogen (secondary N) is 1. The van der Waals surface area contributed by atoms with Gasteiger partial charge in [0.2, 0.25) is 10.0 Å². The van der Waals surface area contributed by atoms with Gasteiger partial charge in [-0.05, 0) is 30.3 Å². The second-order valence-corrected chi connectivity index (χ2v) is 9.33. The van der Waals surface area contributed by atoms with Crippen molar-refractivity contribution in [3.05, 3.63) is 99.3 Å². The molecule has 7 nitrogen and oxygen atoms in total. The second-order valence-electron chi connectivity index (χ2n) is 7.15. The molecule has 10 heteroatoms. The molecule has 1 amide bonds. The molecule has 0 aliphatic carbocycles. The number of fused-ring (bicyclic) bond motifs is 1. The lowest BCUT2D eigenvalue weighted by atomic mass is 10.2. The summed E-state index contributed by atoms with van der Waals surface area (Å²) in [6.45, 7) is -0.0844. The molecule has 0 aliphatic rings. The molecular formula is C22H17ClFN3O4S. The van der Waals surface area contributed by atoms with E-state index in [1.807, 2.05) is 4.72 Å². The van der Waals surface area contributed by atoms with E-state index in [1.165, 1.54) is 27.5 Å². The summed E-state index contributed by atoms with van der Waals surface area (Å²) in [5, 5.41) is 0.779. The maximum atomic E-state index is 14.5. The van der Waals surface area contributed by atoms with Gasteiger partial charge in [0.25, 0.3) is 11.5 Å². The molecule has 2 aromatic heterocycles. The Balaban J connectivity index is 2.10. The first-order valence-corrected chi connectivity index (χ1v) is 11.7. The van der Waals surface area contributed by atoms with Gasteiger partial charge in [0.05, 0.1) is 24.0 Å². The van der Waals surface area contributed by atoms with Crippen LogP contribution in [0.2, 0.25) is 5.02 Å². The summed E-state index contributed by atoms with van der Waals surface area (Å²) in [6, 6.07) is 15.3. The summed E-state index contributed by atoms with van der Waals surface area (Å²) in [4.78, 5) is 25.8. The van der Waals surface area contributed by atoms with E-state index < -0.39 is 27.3 Å². The van der Waals surface area contributed by atoms with Crippen molar-refractivity contribution in [3.63, 3.8) is 0 Å². The van der Waals surface area contributed by atoms with Gasteiger partial charge >= 0.3 is 0 Å².